The van der Waals surface area contributed by atoms with Crippen LogP contribution in [0.4, 0.5) is 13.2 Å². The zero-order chi connectivity index (χ0) is 14.4. The van der Waals surface area contributed by atoms with Crippen molar-refractivity contribution in [2.75, 3.05) is 13.1 Å². The number of likely N-dealkylation sites (tertiary alicyclic amines) is 1. The number of hydrogen-bond donors (Lipinski definition) is 1. The monoisotopic (exact) mass is 337 g/mol. The quantitative estimate of drug-likeness (QED) is 0.855. The van der Waals surface area contributed by atoms with Crippen molar-refractivity contribution in [3.63, 3.8) is 0 Å². The minimum Gasteiger partial charge on any atom is -0.386 e. The zero-order valence-corrected chi connectivity index (χ0v) is 11.5. The summed E-state index contributed by atoms with van der Waals surface area (Å²) in [5.41, 5.74) is -1.87. The maximum atomic E-state index is 12.6. The molecule has 0 saturated carbocycles. The lowest BCUT2D eigenvalue weighted by Gasteiger charge is -2.44. The van der Waals surface area contributed by atoms with Gasteiger partial charge in [-0.15, -0.1) is 0 Å². The van der Waals surface area contributed by atoms with Crippen molar-refractivity contribution in [3.8, 4) is 0 Å². The van der Waals surface area contributed by atoms with Crippen molar-refractivity contribution < 1.29 is 23.1 Å². The van der Waals surface area contributed by atoms with E-state index in [0.29, 0.717) is 4.47 Å². The number of β-amino-alcohol motifs (C(OH)–C–C–N with tert-alkyl or cyclic N) is 1. The molecule has 7 heteroatoms. The van der Waals surface area contributed by atoms with Crippen LogP contribution in [0.1, 0.15) is 22.8 Å². The van der Waals surface area contributed by atoms with Crippen LogP contribution >= 0.6 is 15.9 Å². The molecule has 0 bridgehead atoms. The van der Waals surface area contributed by atoms with Gasteiger partial charge >= 0.3 is 6.18 Å². The Kier molecular flexibility index (Phi) is 3.38. The molecule has 0 aliphatic carbocycles. The van der Waals surface area contributed by atoms with Crippen molar-refractivity contribution in [2.24, 2.45) is 0 Å². The third kappa shape index (κ3) is 2.92. The van der Waals surface area contributed by atoms with E-state index in [1.165, 1.54) is 11.0 Å². The Morgan fingerprint density at radius 3 is 2.47 bits per heavy atom. The number of carbonyl (C=O) groups is 1. The lowest BCUT2D eigenvalue weighted by atomic mass is 9.95. The highest BCUT2D eigenvalue weighted by Gasteiger charge is 2.40. The third-order valence-corrected chi connectivity index (χ3v) is 3.57. The van der Waals surface area contributed by atoms with E-state index in [1.807, 2.05) is 0 Å². The summed E-state index contributed by atoms with van der Waals surface area (Å²) in [6, 6.07) is 2.93. The largest absolute Gasteiger partial charge is 0.416 e. The fraction of sp³-hybridized carbons (Fsp3) is 0.417. The summed E-state index contributed by atoms with van der Waals surface area (Å²) in [5, 5.41) is 9.55. The normalized spacial score (nSPS) is 18.1. The molecule has 0 unspecified atom stereocenters. The van der Waals surface area contributed by atoms with E-state index in [9.17, 15) is 23.1 Å². The van der Waals surface area contributed by atoms with Crippen molar-refractivity contribution in [2.45, 2.75) is 18.7 Å². The highest BCUT2D eigenvalue weighted by Crippen LogP contribution is 2.33. The second kappa shape index (κ2) is 4.49. The minimum atomic E-state index is -4.49. The molecule has 104 valence electrons. The lowest BCUT2D eigenvalue weighted by Crippen LogP contribution is -2.61. The molecule has 1 aliphatic rings. The molecule has 1 aromatic rings. The lowest BCUT2D eigenvalue weighted by molar-refractivity contribution is -0.137. The van der Waals surface area contributed by atoms with Crippen LogP contribution in [-0.2, 0) is 6.18 Å². The molecule has 0 radical (unpaired) electrons. The maximum absolute atomic E-state index is 12.6. The predicted molar refractivity (Wildman–Crippen MR) is 65.7 cm³/mol. The first-order chi connectivity index (χ1) is 8.60. The van der Waals surface area contributed by atoms with Gasteiger partial charge in [0.15, 0.2) is 0 Å². The van der Waals surface area contributed by atoms with Gasteiger partial charge in [0.05, 0.1) is 29.8 Å². The molecule has 2 rings (SSSR count). The summed E-state index contributed by atoms with van der Waals surface area (Å²) < 4.78 is 38.1. The van der Waals surface area contributed by atoms with Crippen LogP contribution in [-0.4, -0.2) is 34.6 Å². The summed E-state index contributed by atoms with van der Waals surface area (Å²) in [4.78, 5) is 13.3. The molecule has 19 heavy (non-hydrogen) atoms. The van der Waals surface area contributed by atoms with Crippen molar-refractivity contribution in [1.29, 1.82) is 0 Å². The van der Waals surface area contributed by atoms with Gasteiger partial charge in [0.25, 0.3) is 5.91 Å². The van der Waals surface area contributed by atoms with E-state index in [0.717, 1.165) is 12.1 Å². The Morgan fingerprint density at radius 2 is 2.00 bits per heavy atom. The molecule has 1 fully saturated rings. The number of aliphatic hydroxyl groups is 1. The molecule has 1 aliphatic heterocycles. The summed E-state index contributed by atoms with van der Waals surface area (Å²) in [6.07, 6.45) is -4.49. The van der Waals surface area contributed by atoms with Crippen molar-refractivity contribution in [1.82, 2.24) is 4.90 Å². The van der Waals surface area contributed by atoms with E-state index in [4.69, 9.17) is 0 Å². The molecular formula is C12H11BrF3NO2. The van der Waals surface area contributed by atoms with Gasteiger partial charge in [0.2, 0.25) is 0 Å². The van der Waals surface area contributed by atoms with Gasteiger partial charge in [-0.25, -0.2) is 0 Å². The smallest absolute Gasteiger partial charge is 0.386 e. The van der Waals surface area contributed by atoms with Crippen LogP contribution in [0.15, 0.2) is 22.7 Å². The second-order valence-electron chi connectivity index (χ2n) is 4.85. The number of carbonyl (C=O) groups excluding carboxylic acids is 1. The van der Waals surface area contributed by atoms with Crippen LogP contribution < -0.4 is 0 Å². The van der Waals surface area contributed by atoms with Gasteiger partial charge in [-0.05, 0) is 41.1 Å². The average molecular weight is 338 g/mol. The van der Waals surface area contributed by atoms with Crippen LogP contribution in [0, 0.1) is 0 Å². The fourth-order valence-electron chi connectivity index (χ4n) is 1.96. The molecule has 0 spiro atoms. The van der Waals surface area contributed by atoms with Gasteiger partial charge in [0.1, 0.15) is 0 Å². The average Bonchev–Trinajstić information content (AvgIpc) is 2.23. The SMILES string of the molecule is CC1(O)CN(C(=O)c2cc(C(F)(F)F)ccc2Br)C1. The summed E-state index contributed by atoms with van der Waals surface area (Å²) >= 11 is 3.07. The Bertz CT molecular complexity index is 520. The molecule has 1 N–H and O–H groups in total. The standard InChI is InChI=1S/C12H11BrF3NO2/c1-11(19)5-17(6-11)10(18)8-4-7(12(14,15)16)2-3-9(8)13/h2-4,19H,5-6H2,1H3. The molecule has 1 amide bonds. The van der Waals surface area contributed by atoms with Gasteiger partial charge < -0.3 is 10.0 Å². The molecule has 3 nitrogen and oxygen atoms in total. The molecule has 1 heterocycles. The minimum absolute atomic E-state index is 0.0506. The van der Waals surface area contributed by atoms with Crippen LogP contribution in [0.3, 0.4) is 0 Å². The number of hydrogen-bond acceptors (Lipinski definition) is 2. The summed E-state index contributed by atoms with van der Waals surface area (Å²) in [6.45, 7) is 1.81. The Hall–Kier alpha value is -1.08. The Balaban J connectivity index is 2.27. The molecule has 0 aromatic heterocycles. The number of nitrogens with zero attached hydrogens (tertiary/aromatic N) is 1. The van der Waals surface area contributed by atoms with Crippen molar-refractivity contribution >= 4 is 21.8 Å². The van der Waals surface area contributed by atoms with E-state index in [1.54, 1.807) is 6.92 Å². The highest BCUT2D eigenvalue weighted by molar-refractivity contribution is 9.10. The summed E-state index contributed by atoms with van der Waals surface area (Å²) in [5.74, 6) is -0.524. The number of halogens is 4. The molecule has 1 aromatic carbocycles. The first-order valence-electron chi connectivity index (χ1n) is 5.48. The van der Waals surface area contributed by atoms with E-state index >= 15 is 0 Å². The van der Waals surface area contributed by atoms with Gasteiger partial charge in [-0.3, -0.25) is 4.79 Å². The van der Waals surface area contributed by atoms with Crippen LogP contribution in [0.2, 0.25) is 0 Å². The Morgan fingerprint density at radius 1 is 1.42 bits per heavy atom. The van der Waals surface area contributed by atoms with Crippen LogP contribution in [0.25, 0.3) is 0 Å². The molecular weight excluding hydrogens is 327 g/mol. The topological polar surface area (TPSA) is 40.5 Å². The van der Waals surface area contributed by atoms with Gasteiger partial charge in [-0.1, -0.05) is 0 Å². The first-order valence-corrected chi connectivity index (χ1v) is 6.28. The number of benzene rings is 1. The van der Waals surface area contributed by atoms with Gasteiger partial charge in [-0.2, -0.15) is 13.2 Å². The summed E-state index contributed by atoms with van der Waals surface area (Å²) in [7, 11) is 0. The second-order valence-corrected chi connectivity index (χ2v) is 5.70. The Labute approximate surface area is 116 Å². The predicted octanol–water partition coefficient (Wildman–Crippen LogP) is 2.67. The first kappa shape index (κ1) is 14.3. The van der Waals surface area contributed by atoms with Crippen LogP contribution in [0.5, 0.6) is 0 Å². The van der Waals surface area contributed by atoms with E-state index in [-0.39, 0.29) is 18.7 Å². The highest BCUT2D eigenvalue weighted by atomic mass is 79.9. The van der Waals surface area contributed by atoms with E-state index < -0.39 is 23.2 Å². The number of amides is 1. The maximum Gasteiger partial charge on any atom is 0.416 e. The molecule has 1 saturated heterocycles. The van der Waals surface area contributed by atoms with Crippen molar-refractivity contribution in [3.05, 3.63) is 33.8 Å². The van der Waals surface area contributed by atoms with E-state index in [2.05, 4.69) is 15.9 Å². The number of rotatable bonds is 1. The zero-order valence-electron chi connectivity index (χ0n) is 9.96. The molecule has 0 atom stereocenters. The fourth-order valence-corrected chi connectivity index (χ4v) is 2.37. The third-order valence-electron chi connectivity index (χ3n) is 2.87. The van der Waals surface area contributed by atoms with Gasteiger partial charge in [0, 0.05) is 4.47 Å². The number of alkyl halides is 3.